The standard InChI is InChI=1S/C16H13Cl2N5O/c1-2-23-15(20-21-22-23)10-5-3-6-11(9-10)16(24)19-13-8-4-7-12(17)14(13)18/h3-9H,2H2,1H3,(H,19,24). The monoisotopic (exact) mass is 361 g/mol. The number of anilines is 1. The number of aryl methyl sites for hydroxylation is 1. The van der Waals surface area contributed by atoms with Gasteiger partial charge in [-0.3, -0.25) is 4.79 Å². The van der Waals surface area contributed by atoms with Crippen molar-refractivity contribution < 1.29 is 4.79 Å². The van der Waals surface area contributed by atoms with E-state index >= 15 is 0 Å². The zero-order chi connectivity index (χ0) is 17.1. The van der Waals surface area contributed by atoms with Gasteiger partial charge in [0.2, 0.25) is 0 Å². The lowest BCUT2D eigenvalue weighted by molar-refractivity contribution is 0.102. The number of aromatic nitrogens is 4. The Hall–Kier alpha value is -2.44. The van der Waals surface area contributed by atoms with Crippen molar-refractivity contribution in [2.45, 2.75) is 13.5 Å². The molecule has 0 saturated heterocycles. The van der Waals surface area contributed by atoms with Crippen LogP contribution >= 0.6 is 23.2 Å². The first-order valence-corrected chi connectivity index (χ1v) is 7.97. The summed E-state index contributed by atoms with van der Waals surface area (Å²) in [6.07, 6.45) is 0. The average Bonchev–Trinajstić information content (AvgIpc) is 3.08. The summed E-state index contributed by atoms with van der Waals surface area (Å²) >= 11 is 12.1. The summed E-state index contributed by atoms with van der Waals surface area (Å²) in [5.41, 5.74) is 1.68. The third-order valence-electron chi connectivity index (χ3n) is 3.41. The van der Waals surface area contributed by atoms with Crippen LogP contribution in [0.4, 0.5) is 5.69 Å². The van der Waals surface area contributed by atoms with E-state index in [1.54, 1.807) is 41.1 Å². The Balaban J connectivity index is 1.89. The molecular weight excluding hydrogens is 349 g/mol. The number of hydrogen-bond donors (Lipinski definition) is 1. The molecule has 122 valence electrons. The molecule has 1 N–H and O–H groups in total. The van der Waals surface area contributed by atoms with E-state index in [9.17, 15) is 4.79 Å². The third kappa shape index (κ3) is 3.25. The van der Waals surface area contributed by atoms with Crippen molar-refractivity contribution in [2.75, 3.05) is 5.32 Å². The molecule has 1 heterocycles. The molecule has 3 aromatic rings. The maximum Gasteiger partial charge on any atom is 0.255 e. The first kappa shape index (κ1) is 16.4. The molecule has 0 spiro atoms. The predicted octanol–water partition coefficient (Wildman–Crippen LogP) is 3.92. The number of rotatable bonds is 4. The van der Waals surface area contributed by atoms with Crippen LogP contribution in [0.2, 0.25) is 10.0 Å². The molecule has 6 nitrogen and oxygen atoms in total. The lowest BCUT2D eigenvalue weighted by Crippen LogP contribution is -2.12. The van der Waals surface area contributed by atoms with Crippen molar-refractivity contribution in [3.05, 3.63) is 58.1 Å². The number of halogens is 2. The highest BCUT2D eigenvalue weighted by Crippen LogP contribution is 2.30. The minimum atomic E-state index is -0.295. The summed E-state index contributed by atoms with van der Waals surface area (Å²) < 4.78 is 1.66. The lowest BCUT2D eigenvalue weighted by Gasteiger charge is -2.09. The summed E-state index contributed by atoms with van der Waals surface area (Å²) in [5.74, 6) is 0.310. The smallest absolute Gasteiger partial charge is 0.255 e. The third-order valence-corrected chi connectivity index (χ3v) is 4.23. The van der Waals surface area contributed by atoms with Gasteiger partial charge < -0.3 is 5.32 Å². The van der Waals surface area contributed by atoms with E-state index in [1.807, 2.05) is 13.0 Å². The maximum absolute atomic E-state index is 12.5. The van der Waals surface area contributed by atoms with Crippen molar-refractivity contribution in [1.82, 2.24) is 20.2 Å². The fraction of sp³-hybridized carbons (Fsp3) is 0.125. The fourth-order valence-electron chi connectivity index (χ4n) is 2.22. The largest absolute Gasteiger partial charge is 0.321 e. The van der Waals surface area contributed by atoms with E-state index in [4.69, 9.17) is 23.2 Å². The highest BCUT2D eigenvalue weighted by molar-refractivity contribution is 6.44. The Kier molecular flexibility index (Phi) is 4.78. The minimum Gasteiger partial charge on any atom is -0.321 e. The van der Waals surface area contributed by atoms with Crippen LogP contribution in [-0.4, -0.2) is 26.1 Å². The molecule has 2 aromatic carbocycles. The van der Waals surface area contributed by atoms with Crippen LogP contribution in [0.5, 0.6) is 0 Å². The quantitative estimate of drug-likeness (QED) is 0.764. The molecule has 0 radical (unpaired) electrons. The number of nitrogens with one attached hydrogen (secondary N) is 1. The van der Waals surface area contributed by atoms with Gasteiger partial charge in [0.1, 0.15) is 0 Å². The molecule has 0 aliphatic heterocycles. The minimum absolute atomic E-state index is 0.295. The van der Waals surface area contributed by atoms with Gasteiger partial charge in [0.05, 0.1) is 15.7 Å². The number of amides is 1. The van der Waals surface area contributed by atoms with Crippen LogP contribution in [-0.2, 0) is 6.54 Å². The van der Waals surface area contributed by atoms with Crippen LogP contribution in [0, 0.1) is 0 Å². The summed E-state index contributed by atoms with van der Waals surface area (Å²) in [6, 6.07) is 12.1. The second-order valence-electron chi connectivity index (χ2n) is 4.95. The Bertz CT molecular complexity index is 894. The molecule has 0 aliphatic carbocycles. The van der Waals surface area contributed by atoms with Crippen molar-refractivity contribution in [2.24, 2.45) is 0 Å². The normalized spacial score (nSPS) is 10.6. The Morgan fingerprint density at radius 3 is 2.79 bits per heavy atom. The number of benzene rings is 2. The summed E-state index contributed by atoms with van der Waals surface area (Å²) in [4.78, 5) is 12.5. The van der Waals surface area contributed by atoms with Gasteiger partial charge in [-0.05, 0) is 41.6 Å². The Morgan fingerprint density at radius 2 is 2.00 bits per heavy atom. The molecule has 0 bridgehead atoms. The SMILES string of the molecule is CCn1nnnc1-c1cccc(C(=O)Nc2cccc(Cl)c2Cl)c1. The molecule has 0 saturated carbocycles. The Morgan fingerprint density at radius 1 is 1.21 bits per heavy atom. The van der Waals surface area contributed by atoms with Gasteiger partial charge in [0.25, 0.3) is 5.91 Å². The Labute approximate surface area is 148 Å². The summed E-state index contributed by atoms with van der Waals surface area (Å²) in [6.45, 7) is 2.58. The number of nitrogens with zero attached hydrogens (tertiary/aromatic N) is 4. The molecule has 8 heteroatoms. The van der Waals surface area contributed by atoms with Gasteiger partial charge >= 0.3 is 0 Å². The van der Waals surface area contributed by atoms with E-state index < -0.39 is 0 Å². The first-order valence-electron chi connectivity index (χ1n) is 7.22. The molecule has 0 unspecified atom stereocenters. The van der Waals surface area contributed by atoms with Gasteiger partial charge in [-0.15, -0.1) is 5.10 Å². The number of tetrazole rings is 1. The topological polar surface area (TPSA) is 72.7 Å². The molecule has 0 atom stereocenters. The molecule has 1 amide bonds. The van der Waals surface area contributed by atoms with Crippen LogP contribution < -0.4 is 5.32 Å². The van der Waals surface area contributed by atoms with Gasteiger partial charge in [-0.2, -0.15) is 0 Å². The molecule has 3 rings (SSSR count). The number of carbonyl (C=O) groups excluding carboxylic acids is 1. The molecule has 0 fully saturated rings. The zero-order valence-corrected chi connectivity index (χ0v) is 14.2. The maximum atomic E-state index is 12.5. The van der Waals surface area contributed by atoms with Gasteiger partial charge in [0, 0.05) is 17.7 Å². The lowest BCUT2D eigenvalue weighted by atomic mass is 10.1. The van der Waals surface area contributed by atoms with Crippen LogP contribution in [0.1, 0.15) is 17.3 Å². The molecule has 0 aliphatic rings. The average molecular weight is 362 g/mol. The van der Waals surface area contributed by atoms with E-state index in [0.717, 1.165) is 5.56 Å². The van der Waals surface area contributed by atoms with Crippen LogP contribution in [0.3, 0.4) is 0 Å². The molecular formula is C16H13Cl2N5O. The number of carbonyl (C=O) groups is 1. The first-order chi connectivity index (χ1) is 11.6. The summed E-state index contributed by atoms with van der Waals surface area (Å²) in [5, 5.41) is 15.0. The van der Waals surface area contributed by atoms with E-state index in [1.165, 1.54) is 0 Å². The summed E-state index contributed by atoms with van der Waals surface area (Å²) in [7, 11) is 0. The van der Waals surface area contributed by atoms with E-state index in [-0.39, 0.29) is 5.91 Å². The van der Waals surface area contributed by atoms with Crippen molar-refractivity contribution in [3.63, 3.8) is 0 Å². The van der Waals surface area contributed by atoms with Gasteiger partial charge in [0.15, 0.2) is 5.82 Å². The number of hydrogen-bond acceptors (Lipinski definition) is 4. The van der Waals surface area contributed by atoms with Gasteiger partial charge in [-0.25, -0.2) is 4.68 Å². The zero-order valence-electron chi connectivity index (χ0n) is 12.7. The van der Waals surface area contributed by atoms with Crippen molar-refractivity contribution in [3.8, 4) is 11.4 Å². The molecule has 1 aromatic heterocycles. The van der Waals surface area contributed by atoms with Gasteiger partial charge in [-0.1, -0.05) is 41.4 Å². The van der Waals surface area contributed by atoms with E-state index in [2.05, 4.69) is 20.8 Å². The second-order valence-corrected chi connectivity index (χ2v) is 5.74. The highest BCUT2D eigenvalue weighted by Gasteiger charge is 2.13. The second kappa shape index (κ2) is 6.98. The van der Waals surface area contributed by atoms with E-state index in [0.29, 0.717) is 33.7 Å². The molecule has 24 heavy (non-hydrogen) atoms. The van der Waals surface area contributed by atoms with Crippen molar-refractivity contribution >= 4 is 34.8 Å². The van der Waals surface area contributed by atoms with Crippen LogP contribution in [0.15, 0.2) is 42.5 Å². The van der Waals surface area contributed by atoms with Crippen molar-refractivity contribution in [1.29, 1.82) is 0 Å². The fourth-order valence-corrected chi connectivity index (χ4v) is 2.57. The highest BCUT2D eigenvalue weighted by atomic mass is 35.5. The predicted molar refractivity (Wildman–Crippen MR) is 93.3 cm³/mol. The van der Waals surface area contributed by atoms with Crippen LogP contribution in [0.25, 0.3) is 11.4 Å².